The van der Waals surface area contributed by atoms with Crippen LogP contribution in [0, 0.1) is 0 Å². The van der Waals surface area contributed by atoms with E-state index < -0.39 is 12.0 Å². The van der Waals surface area contributed by atoms with Crippen molar-refractivity contribution < 1.29 is 18.7 Å². The van der Waals surface area contributed by atoms with Crippen LogP contribution >= 0.6 is 11.3 Å². The van der Waals surface area contributed by atoms with Crippen LogP contribution in [0.25, 0.3) is 0 Å². The second-order valence-electron chi connectivity index (χ2n) is 6.86. The highest BCUT2D eigenvalue weighted by atomic mass is 32.1. The molecule has 1 aliphatic rings. The Bertz CT molecular complexity index is 1030. The van der Waals surface area contributed by atoms with Gasteiger partial charge in [-0.05, 0) is 23.1 Å². The number of ether oxygens (including phenoxy) is 1. The molecule has 1 aliphatic heterocycles. The van der Waals surface area contributed by atoms with Gasteiger partial charge >= 0.3 is 6.01 Å². The summed E-state index contributed by atoms with van der Waals surface area (Å²) < 4.78 is 10.7. The lowest BCUT2D eigenvalue weighted by Gasteiger charge is -2.40. The number of nitrogens with one attached hydrogen (secondary N) is 1. The average molecular weight is 426 g/mol. The van der Waals surface area contributed by atoms with E-state index in [-0.39, 0.29) is 17.8 Å². The van der Waals surface area contributed by atoms with Gasteiger partial charge in [-0.3, -0.25) is 14.9 Å². The van der Waals surface area contributed by atoms with Crippen molar-refractivity contribution in [2.24, 2.45) is 0 Å². The summed E-state index contributed by atoms with van der Waals surface area (Å²) in [5, 5.41) is 12.5. The summed E-state index contributed by atoms with van der Waals surface area (Å²) in [5.74, 6) is -0.606. The molecule has 1 N–H and O–H groups in total. The summed E-state index contributed by atoms with van der Waals surface area (Å²) in [6, 6.07) is 10.7. The quantitative estimate of drug-likeness (QED) is 0.623. The van der Waals surface area contributed by atoms with Gasteiger partial charge in [0.15, 0.2) is 0 Å². The number of amides is 2. The maximum Gasteiger partial charge on any atom is 0.322 e. The van der Waals surface area contributed by atoms with Crippen LogP contribution in [0.1, 0.15) is 45.6 Å². The number of rotatable bonds is 7. The normalized spacial score (nSPS) is 18.3. The smallest absolute Gasteiger partial charge is 0.322 e. The van der Waals surface area contributed by atoms with E-state index in [1.54, 1.807) is 24.1 Å². The van der Waals surface area contributed by atoms with E-state index in [0.717, 1.165) is 4.88 Å². The number of aryl methyl sites for hydroxylation is 1. The molecule has 2 aromatic heterocycles. The zero-order chi connectivity index (χ0) is 21.1. The molecule has 2 atom stereocenters. The average Bonchev–Trinajstić information content (AvgIpc) is 3.45. The lowest BCUT2D eigenvalue weighted by Crippen LogP contribution is -2.47. The van der Waals surface area contributed by atoms with Gasteiger partial charge in [0.05, 0.1) is 18.6 Å². The number of hydrogen-bond acceptors (Lipinski definition) is 7. The first-order chi connectivity index (χ1) is 14.6. The number of anilines is 1. The highest BCUT2D eigenvalue weighted by molar-refractivity contribution is 7.10. The molecular formula is C21H22N4O4S. The van der Waals surface area contributed by atoms with Gasteiger partial charge in [-0.15, -0.1) is 16.4 Å². The number of methoxy groups -OCH3 is 1. The molecule has 2 unspecified atom stereocenters. The third kappa shape index (κ3) is 3.73. The Hall–Kier alpha value is -3.04. The van der Waals surface area contributed by atoms with Crippen LogP contribution < -0.4 is 5.32 Å². The van der Waals surface area contributed by atoms with Gasteiger partial charge in [-0.2, -0.15) is 0 Å². The number of thiophene rings is 1. The predicted octanol–water partition coefficient (Wildman–Crippen LogP) is 3.26. The SMILES string of the molecule is CCc1nnc(NC(=O)C2c3ccccc3C(=O)N(CCOC)C2c2cccs2)o1. The Morgan fingerprint density at radius 2 is 2.10 bits per heavy atom. The first-order valence-electron chi connectivity index (χ1n) is 9.69. The second-order valence-corrected chi connectivity index (χ2v) is 7.84. The summed E-state index contributed by atoms with van der Waals surface area (Å²) in [7, 11) is 1.59. The fourth-order valence-corrected chi connectivity index (χ4v) is 4.59. The third-order valence-electron chi connectivity index (χ3n) is 5.09. The van der Waals surface area contributed by atoms with Crippen LogP contribution in [0.4, 0.5) is 6.01 Å². The van der Waals surface area contributed by atoms with Crippen LogP contribution in [0.15, 0.2) is 46.2 Å². The molecule has 30 heavy (non-hydrogen) atoms. The van der Waals surface area contributed by atoms with Gasteiger partial charge in [-0.1, -0.05) is 36.3 Å². The van der Waals surface area contributed by atoms with Crippen molar-refractivity contribution in [2.75, 3.05) is 25.6 Å². The highest BCUT2D eigenvalue weighted by Crippen LogP contribution is 2.44. The minimum Gasteiger partial charge on any atom is -0.408 e. The molecule has 0 spiro atoms. The summed E-state index contributed by atoms with van der Waals surface area (Å²) >= 11 is 1.51. The molecule has 156 valence electrons. The van der Waals surface area contributed by atoms with E-state index in [4.69, 9.17) is 9.15 Å². The summed E-state index contributed by atoms with van der Waals surface area (Å²) in [6.45, 7) is 2.63. The maximum absolute atomic E-state index is 13.5. The molecule has 0 aliphatic carbocycles. The first kappa shape index (κ1) is 20.2. The molecule has 4 rings (SSSR count). The van der Waals surface area contributed by atoms with E-state index >= 15 is 0 Å². The molecule has 1 aromatic carbocycles. The summed E-state index contributed by atoms with van der Waals surface area (Å²) in [5.41, 5.74) is 1.20. The highest BCUT2D eigenvalue weighted by Gasteiger charge is 2.44. The zero-order valence-corrected chi connectivity index (χ0v) is 17.5. The molecule has 0 saturated carbocycles. The van der Waals surface area contributed by atoms with E-state index in [9.17, 15) is 9.59 Å². The number of carbonyl (C=O) groups excluding carboxylic acids is 2. The van der Waals surface area contributed by atoms with Crippen molar-refractivity contribution in [2.45, 2.75) is 25.3 Å². The van der Waals surface area contributed by atoms with Gasteiger partial charge in [0.1, 0.15) is 0 Å². The number of fused-ring (bicyclic) bond motifs is 1. The van der Waals surface area contributed by atoms with Crippen LogP contribution in [-0.4, -0.2) is 47.2 Å². The standard InChI is InChI=1S/C21H22N4O4S/c1-3-16-23-24-21(29-16)22-19(26)17-13-7-4-5-8-14(13)20(27)25(10-11-28-2)18(17)15-9-6-12-30-15/h4-9,12,17-18H,3,10-11H2,1-2H3,(H,22,24,26). The fraction of sp³-hybridized carbons (Fsp3) is 0.333. The fourth-order valence-electron chi connectivity index (χ4n) is 3.72. The molecule has 2 amide bonds. The summed E-state index contributed by atoms with van der Waals surface area (Å²) in [6.07, 6.45) is 0.576. The lowest BCUT2D eigenvalue weighted by atomic mass is 9.81. The Kier molecular flexibility index (Phi) is 5.91. The lowest BCUT2D eigenvalue weighted by molar-refractivity contribution is -0.119. The van der Waals surface area contributed by atoms with Crippen LogP contribution in [0.3, 0.4) is 0 Å². The molecule has 0 fully saturated rings. The monoisotopic (exact) mass is 426 g/mol. The molecule has 9 heteroatoms. The van der Waals surface area contributed by atoms with Gasteiger partial charge in [-0.25, -0.2) is 0 Å². The van der Waals surface area contributed by atoms with E-state index in [2.05, 4.69) is 15.5 Å². The largest absolute Gasteiger partial charge is 0.408 e. The van der Waals surface area contributed by atoms with Crippen molar-refractivity contribution in [3.05, 3.63) is 63.7 Å². The minimum absolute atomic E-state index is 0.0552. The number of aromatic nitrogens is 2. The van der Waals surface area contributed by atoms with Crippen molar-refractivity contribution in [1.29, 1.82) is 0 Å². The van der Waals surface area contributed by atoms with Crippen molar-refractivity contribution in [3.8, 4) is 0 Å². The van der Waals surface area contributed by atoms with Gasteiger partial charge in [0, 0.05) is 30.5 Å². The molecule has 3 aromatic rings. The van der Waals surface area contributed by atoms with E-state index in [1.807, 2.05) is 36.6 Å². The molecular weight excluding hydrogens is 404 g/mol. The molecule has 8 nitrogen and oxygen atoms in total. The van der Waals surface area contributed by atoms with Gasteiger partial charge in [0.2, 0.25) is 11.8 Å². The second kappa shape index (κ2) is 8.76. The van der Waals surface area contributed by atoms with Crippen molar-refractivity contribution in [3.63, 3.8) is 0 Å². The molecule has 3 heterocycles. The Labute approximate surface area is 177 Å². The van der Waals surface area contributed by atoms with Crippen molar-refractivity contribution in [1.82, 2.24) is 15.1 Å². The van der Waals surface area contributed by atoms with Crippen LogP contribution in [0.2, 0.25) is 0 Å². The predicted molar refractivity (Wildman–Crippen MR) is 111 cm³/mol. The van der Waals surface area contributed by atoms with Gasteiger partial charge in [0.25, 0.3) is 5.91 Å². The Morgan fingerprint density at radius 3 is 2.80 bits per heavy atom. The zero-order valence-electron chi connectivity index (χ0n) is 16.7. The van der Waals surface area contributed by atoms with Crippen molar-refractivity contribution >= 4 is 29.2 Å². The Morgan fingerprint density at radius 1 is 1.27 bits per heavy atom. The first-order valence-corrected chi connectivity index (χ1v) is 10.6. The minimum atomic E-state index is -0.633. The topological polar surface area (TPSA) is 97.6 Å². The number of hydrogen-bond donors (Lipinski definition) is 1. The number of nitrogens with zero attached hydrogens (tertiary/aromatic N) is 3. The summed E-state index contributed by atoms with van der Waals surface area (Å²) in [4.78, 5) is 29.4. The van der Waals surface area contributed by atoms with Crippen LogP contribution in [-0.2, 0) is 16.0 Å². The molecule has 0 saturated heterocycles. The van der Waals surface area contributed by atoms with Crippen LogP contribution in [0.5, 0.6) is 0 Å². The van der Waals surface area contributed by atoms with E-state index in [0.29, 0.717) is 36.6 Å². The Balaban J connectivity index is 1.77. The number of benzene rings is 1. The van der Waals surface area contributed by atoms with Gasteiger partial charge < -0.3 is 14.1 Å². The third-order valence-corrected chi connectivity index (χ3v) is 6.03. The number of carbonyl (C=O) groups is 2. The molecule has 0 radical (unpaired) electrons. The van der Waals surface area contributed by atoms with E-state index in [1.165, 1.54) is 11.3 Å². The maximum atomic E-state index is 13.5. The molecule has 0 bridgehead atoms.